The van der Waals surface area contributed by atoms with E-state index in [1.54, 1.807) is 6.92 Å². The second-order valence-electron chi connectivity index (χ2n) is 12.0. The van der Waals surface area contributed by atoms with E-state index in [1.165, 1.54) is 7.11 Å². The number of ether oxygens (including phenoxy) is 3. The van der Waals surface area contributed by atoms with E-state index >= 15 is 0 Å². The van der Waals surface area contributed by atoms with E-state index in [2.05, 4.69) is 44.0 Å². The third-order valence-electron chi connectivity index (χ3n) is 9.01. The van der Waals surface area contributed by atoms with Crippen LogP contribution in [0.25, 0.3) is 0 Å². The number of carbonyl (C=O) groups excluding carboxylic acids is 1. The number of carbonyl (C=O) groups is 1. The summed E-state index contributed by atoms with van der Waals surface area (Å²) in [7, 11) is 1.41. The Morgan fingerprint density at radius 3 is 2.02 bits per heavy atom. The van der Waals surface area contributed by atoms with E-state index in [-0.39, 0.29) is 79.8 Å². The second-order valence-corrected chi connectivity index (χ2v) is 12.0. The maximum Gasteiger partial charge on any atom is 0.422 e. The van der Waals surface area contributed by atoms with Gasteiger partial charge >= 0.3 is 18.2 Å². The number of amides is 2. The number of fused-ring (bicyclic) bond motifs is 1. The predicted octanol–water partition coefficient (Wildman–Crippen LogP) is 6.13. The molecule has 0 N–H and O–H groups in total. The molecule has 3 aromatic rings. The lowest BCUT2D eigenvalue weighted by Gasteiger charge is -2.53. The molecule has 0 saturated carbocycles. The number of piperazine rings is 2. The lowest BCUT2D eigenvalue weighted by atomic mass is 9.81. The molecule has 0 bridgehead atoms. The highest BCUT2D eigenvalue weighted by atomic mass is 35.5. The number of halogens is 5. The molecule has 0 aliphatic carbocycles. The van der Waals surface area contributed by atoms with E-state index < -0.39 is 12.8 Å². The second kappa shape index (κ2) is 18.6. The van der Waals surface area contributed by atoms with Crippen molar-refractivity contribution < 1.29 is 32.2 Å². The maximum absolute atomic E-state index is 13.5. The predicted molar refractivity (Wildman–Crippen MR) is 190 cm³/mol. The Hall–Kier alpha value is -3.52. The Kier molecular flexibility index (Phi) is 15.2. The van der Waals surface area contributed by atoms with Crippen molar-refractivity contribution in [3.8, 4) is 17.8 Å². The number of benzene rings is 2. The van der Waals surface area contributed by atoms with Gasteiger partial charge in [0.1, 0.15) is 0 Å². The zero-order valence-corrected chi connectivity index (χ0v) is 30.5. The Bertz CT molecular complexity index is 1450. The molecule has 3 heterocycles. The van der Waals surface area contributed by atoms with Crippen molar-refractivity contribution >= 4 is 30.8 Å². The van der Waals surface area contributed by atoms with Crippen LogP contribution in [0.2, 0.25) is 0 Å². The molecule has 1 unspecified atom stereocenters. The first-order chi connectivity index (χ1) is 23.1. The molecule has 2 aliphatic rings. The Morgan fingerprint density at radius 2 is 1.48 bits per heavy atom. The van der Waals surface area contributed by atoms with Crippen LogP contribution >= 0.6 is 24.8 Å². The van der Waals surface area contributed by atoms with Gasteiger partial charge < -0.3 is 24.0 Å². The van der Waals surface area contributed by atoms with Crippen LogP contribution < -0.4 is 14.2 Å². The van der Waals surface area contributed by atoms with Gasteiger partial charge in [-0.3, -0.25) is 9.80 Å². The van der Waals surface area contributed by atoms with E-state index in [0.717, 1.165) is 11.1 Å². The molecular formula is C35H47Cl2F3N6O4. The van der Waals surface area contributed by atoms with Gasteiger partial charge in [0.25, 0.3) is 0 Å². The van der Waals surface area contributed by atoms with E-state index in [1.807, 2.05) is 60.0 Å². The quantitative estimate of drug-likeness (QED) is 0.219. The van der Waals surface area contributed by atoms with Gasteiger partial charge in [-0.15, -0.1) is 24.8 Å². The number of urea groups is 1. The topological polar surface area (TPSA) is 83.5 Å². The summed E-state index contributed by atoms with van der Waals surface area (Å²) in [6.07, 6.45) is -4.57. The standard InChI is InChI=1S/C35H45F3N6O4.2ClH/c1-5-42(6-2)34(45)43-18-19-44-27(21-43)20-41(23-29(44)30(25-14-10-8-11-15-25)26-16-12-9-13-17-26)22-28-31(46-4)39-33(47-7-3)40-32(28)48-24-35(36,37)38;;/h8-17,27,29-30H,5-7,18-24H2,1-4H3;2*1H/t27-,29?;;/m1../s1. The third kappa shape index (κ3) is 9.83. The summed E-state index contributed by atoms with van der Waals surface area (Å²) in [5, 5.41) is 0. The molecular weight excluding hydrogens is 696 g/mol. The van der Waals surface area contributed by atoms with Crippen molar-refractivity contribution in [2.75, 3.05) is 66.1 Å². The van der Waals surface area contributed by atoms with Gasteiger partial charge in [-0.25, -0.2) is 4.79 Å². The summed E-state index contributed by atoms with van der Waals surface area (Å²) >= 11 is 0. The third-order valence-corrected chi connectivity index (χ3v) is 9.01. The van der Waals surface area contributed by atoms with Crippen LogP contribution in [0.1, 0.15) is 43.4 Å². The Labute approximate surface area is 304 Å². The van der Waals surface area contributed by atoms with Gasteiger partial charge in [-0.2, -0.15) is 23.1 Å². The Morgan fingerprint density at radius 1 is 0.880 bits per heavy atom. The largest absolute Gasteiger partial charge is 0.481 e. The number of alkyl halides is 3. The first-order valence-corrected chi connectivity index (χ1v) is 16.5. The number of hydrogen-bond acceptors (Lipinski definition) is 8. The average Bonchev–Trinajstić information content (AvgIpc) is 3.09. The van der Waals surface area contributed by atoms with Gasteiger partial charge in [0.2, 0.25) is 11.8 Å². The number of aromatic nitrogens is 2. The molecule has 1 aromatic heterocycles. The van der Waals surface area contributed by atoms with Crippen molar-refractivity contribution in [2.24, 2.45) is 0 Å². The summed E-state index contributed by atoms with van der Waals surface area (Å²) < 4.78 is 56.3. The molecule has 2 saturated heterocycles. The molecule has 15 heteroatoms. The zero-order valence-electron chi connectivity index (χ0n) is 28.8. The SMILES string of the molecule is CCOc1nc(OC)c(CN2CC(C(c3ccccc3)c3ccccc3)N3CCN(C(=O)N(CC)CC)C[C@H]3C2)c(OCC(F)(F)F)n1.Cl.Cl. The van der Waals surface area contributed by atoms with Crippen molar-refractivity contribution in [1.82, 2.24) is 29.6 Å². The summed E-state index contributed by atoms with van der Waals surface area (Å²) in [6.45, 7) is 8.77. The van der Waals surface area contributed by atoms with Gasteiger partial charge in [0.05, 0.1) is 19.3 Å². The van der Waals surface area contributed by atoms with Crippen molar-refractivity contribution in [3.05, 3.63) is 77.4 Å². The fourth-order valence-corrected chi connectivity index (χ4v) is 6.88. The normalized spacial score (nSPS) is 18.0. The monoisotopic (exact) mass is 742 g/mol. The van der Waals surface area contributed by atoms with Gasteiger partial charge in [0.15, 0.2) is 6.61 Å². The maximum atomic E-state index is 13.5. The first kappa shape index (κ1) is 40.9. The minimum Gasteiger partial charge on any atom is -0.481 e. The highest BCUT2D eigenvalue weighted by molar-refractivity contribution is 5.85. The van der Waals surface area contributed by atoms with Gasteiger partial charge in [0, 0.05) is 70.4 Å². The fraction of sp³-hybridized carbons (Fsp3) is 0.514. The van der Waals surface area contributed by atoms with Crippen molar-refractivity contribution in [1.29, 1.82) is 0 Å². The van der Waals surface area contributed by atoms with Gasteiger partial charge in [-0.05, 0) is 31.9 Å². The number of rotatable bonds is 12. The molecule has 0 spiro atoms. The zero-order chi connectivity index (χ0) is 34.3. The molecule has 5 rings (SSSR count). The van der Waals surface area contributed by atoms with E-state index in [0.29, 0.717) is 51.4 Å². The molecule has 0 radical (unpaired) electrons. The lowest BCUT2D eigenvalue weighted by molar-refractivity contribution is -0.154. The van der Waals surface area contributed by atoms with Crippen LogP contribution in [0, 0.1) is 0 Å². The number of nitrogens with zero attached hydrogens (tertiary/aromatic N) is 6. The minimum atomic E-state index is -4.57. The van der Waals surface area contributed by atoms with Crippen LogP contribution in [0.5, 0.6) is 17.8 Å². The molecule has 276 valence electrons. The molecule has 2 aromatic carbocycles. The highest BCUT2D eigenvalue weighted by Crippen LogP contribution is 2.38. The first-order valence-electron chi connectivity index (χ1n) is 16.5. The highest BCUT2D eigenvalue weighted by Gasteiger charge is 2.44. The Balaban J connectivity index is 0.00000338. The molecule has 10 nitrogen and oxygen atoms in total. The van der Waals surface area contributed by atoms with Crippen LogP contribution in [0.4, 0.5) is 18.0 Å². The molecule has 2 atom stereocenters. The van der Waals surface area contributed by atoms with E-state index in [4.69, 9.17) is 14.2 Å². The molecule has 50 heavy (non-hydrogen) atoms. The summed E-state index contributed by atoms with van der Waals surface area (Å²) in [5.74, 6) is -0.150. The van der Waals surface area contributed by atoms with Crippen LogP contribution in [-0.2, 0) is 6.54 Å². The van der Waals surface area contributed by atoms with Crippen molar-refractivity contribution in [2.45, 2.75) is 51.5 Å². The van der Waals surface area contributed by atoms with Crippen LogP contribution in [-0.4, -0.2) is 120 Å². The minimum absolute atomic E-state index is 0. The lowest BCUT2D eigenvalue weighted by Crippen LogP contribution is -2.68. The van der Waals surface area contributed by atoms with Gasteiger partial charge in [-0.1, -0.05) is 60.7 Å². The molecule has 2 amide bonds. The molecule has 2 aliphatic heterocycles. The number of hydrogen-bond donors (Lipinski definition) is 0. The smallest absolute Gasteiger partial charge is 0.422 e. The number of methoxy groups -OCH3 is 1. The summed E-state index contributed by atoms with van der Waals surface area (Å²) in [6, 6.07) is 20.5. The molecule has 2 fully saturated rings. The summed E-state index contributed by atoms with van der Waals surface area (Å²) in [4.78, 5) is 30.5. The van der Waals surface area contributed by atoms with E-state index in [9.17, 15) is 18.0 Å². The van der Waals surface area contributed by atoms with Crippen molar-refractivity contribution in [3.63, 3.8) is 0 Å². The average molecular weight is 744 g/mol. The van der Waals surface area contributed by atoms with Crippen LogP contribution in [0.15, 0.2) is 60.7 Å². The summed E-state index contributed by atoms with van der Waals surface area (Å²) in [5.41, 5.74) is 2.62. The fourth-order valence-electron chi connectivity index (χ4n) is 6.88. The van der Waals surface area contributed by atoms with Crippen LogP contribution in [0.3, 0.4) is 0 Å².